The van der Waals surface area contributed by atoms with Crippen LogP contribution in [0.25, 0.3) is 6.08 Å². The third-order valence-corrected chi connectivity index (χ3v) is 4.55. The van der Waals surface area contributed by atoms with Gasteiger partial charge in [0.1, 0.15) is 11.4 Å². The fraction of sp³-hybridized carbons (Fsp3) is 0.357. The summed E-state index contributed by atoms with van der Waals surface area (Å²) < 4.78 is 11.0. The molecule has 0 aliphatic carbocycles. The lowest BCUT2D eigenvalue weighted by Gasteiger charge is -2.17. The zero-order chi connectivity index (χ0) is 23.6. The molecule has 0 aliphatic heterocycles. The number of allylic oxidation sites excluding steroid dienone is 2. The highest BCUT2D eigenvalue weighted by molar-refractivity contribution is 5.87. The van der Waals surface area contributed by atoms with Crippen molar-refractivity contribution in [1.82, 2.24) is 0 Å². The zero-order valence-corrected chi connectivity index (χ0v) is 19.8. The third kappa shape index (κ3) is 9.78. The molecule has 0 unspecified atom stereocenters. The van der Waals surface area contributed by atoms with Gasteiger partial charge in [0.15, 0.2) is 0 Å². The summed E-state index contributed by atoms with van der Waals surface area (Å²) in [6, 6.07) is 15.7. The van der Waals surface area contributed by atoms with Crippen molar-refractivity contribution in [3.8, 4) is 5.75 Å². The van der Waals surface area contributed by atoms with E-state index in [1.54, 1.807) is 12.1 Å². The van der Waals surface area contributed by atoms with E-state index < -0.39 is 11.6 Å². The molecule has 0 radical (unpaired) electrons. The van der Waals surface area contributed by atoms with E-state index >= 15 is 0 Å². The van der Waals surface area contributed by atoms with E-state index in [4.69, 9.17) is 9.47 Å². The minimum Gasteiger partial charge on any atom is -0.457 e. The molecule has 0 bridgehead atoms. The summed E-state index contributed by atoms with van der Waals surface area (Å²) in [5.41, 5.74) is 3.60. The van der Waals surface area contributed by atoms with Gasteiger partial charge in [0.05, 0.1) is 0 Å². The highest BCUT2D eigenvalue weighted by Gasteiger charge is 2.14. The average Bonchev–Trinajstić information content (AvgIpc) is 2.71. The molecule has 0 aliphatic rings. The molecule has 0 spiro atoms. The molecule has 0 fully saturated rings. The van der Waals surface area contributed by atoms with E-state index in [1.165, 1.54) is 17.2 Å². The molecule has 0 N–H and O–H groups in total. The van der Waals surface area contributed by atoms with Gasteiger partial charge in [-0.1, -0.05) is 48.0 Å². The second kappa shape index (κ2) is 12.0. The van der Waals surface area contributed by atoms with Crippen LogP contribution in [0, 0.1) is 0 Å². The zero-order valence-electron chi connectivity index (χ0n) is 19.8. The van der Waals surface area contributed by atoms with E-state index in [1.807, 2.05) is 65.0 Å². The first-order valence-corrected chi connectivity index (χ1v) is 11.0. The van der Waals surface area contributed by atoms with Crippen LogP contribution in [0.2, 0.25) is 0 Å². The van der Waals surface area contributed by atoms with Crippen molar-refractivity contribution < 1.29 is 19.1 Å². The standard InChI is InChI=1S/C28H34O4/c1-21(2)14-17-24-20-23(16-19-27(30)32-28(3,4)5)15-18-25(24)31-26(29)13-9-12-22-10-7-6-8-11-22/h6-8,10-11,14-16,18-20H,9,12-13,17H2,1-5H3/b19-16+. The maximum absolute atomic E-state index is 12.4. The Bertz CT molecular complexity index is 959. The first-order valence-electron chi connectivity index (χ1n) is 11.0. The number of esters is 2. The number of carbonyl (C=O) groups is 2. The van der Waals surface area contributed by atoms with Gasteiger partial charge in [0.25, 0.3) is 0 Å². The minimum atomic E-state index is -0.533. The van der Waals surface area contributed by atoms with Crippen LogP contribution in [-0.4, -0.2) is 17.5 Å². The Morgan fingerprint density at radius 2 is 1.72 bits per heavy atom. The quantitative estimate of drug-likeness (QED) is 0.196. The van der Waals surface area contributed by atoms with Gasteiger partial charge in [0, 0.05) is 12.5 Å². The number of ether oxygens (including phenoxy) is 2. The predicted octanol–water partition coefficient (Wildman–Crippen LogP) is 6.48. The van der Waals surface area contributed by atoms with Crippen molar-refractivity contribution in [2.24, 2.45) is 0 Å². The number of aryl methyl sites for hydroxylation is 1. The molecule has 0 heterocycles. The minimum absolute atomic E-state index is 0.239. The highest BCUT2D eigenvalue weighted by atomic mass is 16.6. The van der Waals surface area contributed by atoms with Crippen molar-refractivity contribution in [3.05, 3.63) is 82.9 Å². The SMILES string of the molecule is CC(C)=CCc1cc(/C=C/C(=O)OC(C)(C)C)ccc1OC(=O)CCCc1ccccc1. The van der Waals surface area contributed by atoms with Gasteiger partial charge in [-0.2, -0.15) is 0 Å². The van der Waals surface area contributed by atoms with Crippen molar-refractivity contribution in [2.45, 2.75) is 65.9 Å². The van der Waals surface area contributed by atoms with Gasteiger partial charge in [-0.15, -0.1) is 0 Å². The van der Waals surface area contributed by atoms with Crippen LogP contribution >= 0.6 is 0 Å². The van der Waals surface area contributed by atoms with Crippen molar-refractivity contribution in [2.75, 3.05) is 0 Å². The van der Waals surface area contributed by atoms with E-state index in [0.717, 1.165) is 24.0 Å². The Kier molecular flexibility index (Phi) is 9.45. The first-order chi connectivity index (χ1) is 15.1. The second-order valence-corrected chi connectivity index (χ2v) is 9.03. The van der Waals surface area contributed by atoms with Crippen LogP contribution < -0.4 is 4.74 Å². The van der Waals surface area contributed by atoms with Crippen molar-refractivity contribution >= 4 is 18.0 Å². The molecule has 2 aromatic carbocycles. The van der Waals surface area contributed by atoms with Gasteiger partial charge in [-0.25, -0.2) is 4.79 Å². The second-order valence-electron chi connectivity index (χ2n) is 9.03. The number of hydrogen-bond acceptors (Lipinski definition) is 4. The molecule has 2 rings (SSSR count). The molecule has 0 saturated carbocycles. The summed E-state index contributed by atoms with van der Waals surface area (Å²) in [5.74, 6) is -0.0738. The van der Waals surface area contributed by atoms with Crippen LogP contribution in [-0.2, 0) is 27.2 Å². The Balaban J connectivity index is 2.05. The van der Waals surface area contributed by atoms with Crippen LogP contribution in [0.15, 0.2) is 66.3 Å². The average molecular weight is 435 g/mol. The predicted molar refractivity (Wildman–Crippen MR) is 129 cm³/mol. The molecule has 4 nitrogen and oxygen atoms in total. The molecule has 0 saturated heterocycles. The summed E-state index contributed by atoms with van der Waals surface area (Å²) >= 11 is 0. The van der Waals surface area contributed by atoms with E-state index in [9.17, 15) is 9.59 Å². The molecule has 170 valence electrons. The van der Waals surface area contributed by atoms with Crippen LogP contribution in [0.1, 0.15) is 64.2 Å². The molecule has 4 heteroatoms. The fourth-order valence-corrected chi connectivity index (χ4v) is 3.03. The topological polar surface area (TPSA) is 52.6 Å². The lowest BCUT2D eigenvalue weighted by atomic mass is 10.0. The molecule has 32 heavy (non-hydrogen) atoms. The van der Waals surface area contributed by atoms with Crippen LogP contribution in [0.5, 0.6) is 5.75 Å². The monoisotopic (exact) mass is 434 g/mol. The summed E-state index contributed by atoms with van der Waals surface area (Å²) in [7, 11) is 0. The molecule has 0 aromatic heterocycles. The molecular weight excluding hydrogens is 400 g/mol. The highest BCUT2D eigenvalue weighted by Crippen LogP contribution is 2.23. The fourth-order valence-electron chi connectivity index (χ4n) is 3.03. The first kappa shape index (κ1) is 25.1. The number of rotatable bonds is 9. The van der Waals surface area contributed by atoms with Gasteiger partial charge in [-0.05, 0) is 88.8 Å². The lowest BCUT2D eigenvalue weighted by Crippen LogP contribution is -2.22. The maximum Gasteiger partial charge on any atom is 0.331 e. The van der Waals surface area contributed by atoms with E-state index in [-0.39, 0.29) is 5.97 Å². The largest absolute Gasteiger partial charge is 0.457 e. The molecule has 0 atom stereocenters. The summed E-state index contributed by atoms with van der Waals surface area (Å²) in [6.45, 7) is 9.56. The smallest absolute Gasteiger partial charge is 0.331 e. The van der Waals surface area contributed by atoms with Gasteiger partial charge < -0.3 is 9.47 Å². The number of carbonyl (C=O) groups excluding carboxylic acids is 2. The summed E-state index contributed by atoms with van der Waals surface area (Å²) in [4.78, 5) is 24.4. The molecule has 2 aromatic rings. The van der Waals surface area contributed by atoms with E-state index in [0.29, 0.717) is 18.6 Å². The maximum atomic E-state index is 12.4. The normalized spacial score (nSPS) is 11.3. The Morgan fingerprint density at radius 3 is 2.38 bits per heavy atom. The Morgan fingerprint density at radius 1 is 1.00 bits per heavy atom. The Hall–Kier alpha value is -3.14. The van der Waals surface area contributed by atoms with Crippen molar-refractivity contribution in [1.29, 1.82) is 0 Å². The summed E-state index contributed by atoms with van der Waals surface area (Å²) in [5, 5.41) is 0. The molecule has 0 amide bonds. The van der Waals surface area contributed by atoms with Gasteiger partial charge >= 0.3 is 11.9 Å². The van der Waals surface area contributed by atoms with E-state index in [2.05, 4.69) is 18.2 Å². The van der Waals surface area contributed by atoms with Crippen LogP contribution in [0.3, 0.4) is 0 Å². The lowest BCUT2D eigenvalue weighted by molar-refractivity contribution is -0.148. The van der Waals surface area contributed by atoms with Gasteiger partial charge in [0.2, 0.25) is 0 Å². The van der Waals surface area contributed by atoms with Crippen molar-refractivity contribution in [3.63, 3.8) is 0 Å². The Labute approximate surface area is 191 Å². The third-order valence-electron chi connectivity index (χ3n) is 4.55. The molecular formula is C28H34O4. The van der Waals surface area contributed by atoms with Crippen LogP contribution in [0.4, 0.5) is 0 Å². The number of hydrogen-bond donors (Lipinski definition) is 0. The number of benzene rings is 2. The summed E-state index contributed by atoms with van der Waals surface area (Å²) in [6.07, 6.45) is 7.80. The van der Waals surface area contributed by atoms with Gasteiger partial charge in [-0.3, -0.25) is 4.79 Å².